The number of aliphatic hydroxyl groups is 1. The molecule has 0 amide bonds. The molecule has 0 fully saturated rings. The Morgan fingerprint density at radius 3 is 2.50 bits per heavy atom. The number of rotatable bonds is 5. The Hall–Kier alpha value is -0.220. The Morgan fingerprint density at radius 1 is 1.50 bits per heavy atom. The fourth-order valence-electron chi connectivity index (χ4n) is 0.795. The van der Waals surface area contributed by atoms with Crippen LogP contribution in [0.2, 0.25) is 0 Å². The lowest BCUT2D eigenvalue weighted by molar-refractivity contribution is -0.158. The van der Waals surface area contributed by atoms with E-state index in [1.807, 2.05) is 27.7 Å². The molecule has 3 nitrogen and oxygen atoms in total. The molecule has 0 saturated heterocycles. The fourth-order valence-corrected chi connectivity index (χ4v) is 1.58. The monoisotopic (exact) mass is 220 g/mol. The van der Waals surface area contributed by atoms with Gasteiger partial charge in [0.25, 0.3) is 0 Å². The van der Waals surface area contributed by atoms with Crippen molar-refractivity contribution in [3.8, 4) is 0 Å². The van der Waals surface area contributed by atoms with E-state index in [2.05, 4.69) is 0 Å². The smallest absolute Gasteiger partial charge is 0.310 e. The van der Waals surface area contributed by atoms with Crippen LogP contribution in [0.5, 0.6) is 0 Å². The third kappa shape index (κ3) is 7.21. The largest absolute Gasteiger partial charge is 0.460 e. The quantitative estimate of drug-likeness (QED) is 0.566. The Bertz CT molecular complexity index is 175. The zero-order chi connectivity index (χ0) is 11.2. The van der Waals surface area contributed by atoms with Gasteiger partial charge in [0.2, 0.25) is 0 Å². The Morgan fingerprint density at radius 2 is 2.07 bits per heavy atom. The first-order chi connectivity index (χ1) is 6.37. The van der Waals surface area contributed by atoms with Gasteiger partial charge in [0.05, 0.1) is 12.5 Å². The first kappa shape index (κ1) is 13.8. The van der Waals surface area contributed by atoms with Crippen molar-refractivity contribution >= 4 is 17.7 Å². The van der Waals surface area contributed by atoms with Gasteiger partial charge in [-0.3, -0.25) is 4.79 Å². The van der Waals surface area contributed by atoms with E-state index in [0.717, 1.165) is 0 Å². The van der Waals surface area contributed by atoms with Gasteiger partial charge in [-0.25, -0.2) is 0 Å². The van der Waals surface area contributed by atoms with E-state index < -0.39 is 5.60 Å². The maximum absolute atomic E-state index is 11.5. The molecule has 0 aliphatic carbocycles. The summed E-state index contributed by atoms with van der Waals surface area (Å²) in [5.41, 5.74) is -0.410. The van der Waals surface area contributed by atoms with Crippen LogP contribution in [-0.2, 0) is 9.53 Å². The summed E-state index contributed by atoms with van der Waals surface area (Å²) in [6.07, 6.45) is 0. The highest BCUT2D eigenvalue weighted by atomic mass is 32.2. The van der Waals surface area contributed by atoms with Gasteiger partial charge in [-0.2, -0.15) is 11.8 Å². The van der Waals surface area contributed by atoms with Crippen LogP contribution in [0.1, 0.15) is 27.7 Å². The molecule has 0 rings (SSSR count). The molecule has 0 aliphatic heterocycles. The Kier molecular flexibility index (Phi) is 6.20. The van der Waals surface area contributed by atoms with Crippen molar-refractivity contribution in [2.45, 2.75) is 33.3 Å². The van der Waals surface area contributed by atoms with Crippen LogP contribution in [0.15, 0.2) is 0 Å². The average Bonchev–Trinajstić information content (AvgIpc) is 2.01. The summed E-state index contributed by atoms with van der Waals surface area (Å²) in [5, 5.41) is 8.57. The third-order valence-electron chi connectivity index (χ3n) is 1.41. The first-order valence-corrected chi connectivity index (χ1v) is 5.93. The summed E-state index contributed by atoms with van der Waals surface area (Å²) >= 11 is 1.56. The molecule has 0 aromatic heterocycles. The SMILES string of the molecule is CC(CSCCO)C(=O)OC(C)(C)C. The molecule has 0 heterocycles. The maximum Gasteiger partial charge on any atom is 0.310 e. The van der Waals surface area contributed by atoms with Crippen molar-refractivity contribution in [3.05, 3.63) is 0 Å². The van der Waals surface area contributed by atoms with Gasteiger partial charge in [-0.15, -0.1) is 0 Å². The molecule has 1 atom stereocenters. The highest BCUT2D eigenvalue weighted by molar-refractivity contribution is 7.99. The van der Waals surface area contributed by atoms with Gasteiger partial charge < -0.3 is 9.84 Å². The van der Waals surface area contributed by atoms with E-state index in [-0.39, 0.29) is 18.5 Å². The van der Waals surface area contributed by atoms with Crippen molar-refractivity contribution in [1.82, 2.24) is 0 Å². The molecule has 0 aromatic carbocycles. The first-order valence-electron chi connectivity index (χ1n) is 4.78. The maximum atomic E-state index is 11.5. The molecular weight excluding hydrogens is 200 g/mol. The lowest BCUT2D eigenvalue weighted by atomic mass is 10.1. The topological polar surface area (TPSA) is 46.5 Å². The summed E-state index contributed by atoms with van der Waals surface area (Å²) in [7, 11) is 0. The third-order valence-corrected chi connectivity index (χ3v) is 2.62. The molecule has 1 N–H and O–H groups in total. The summed E-state index contributed by atoms with van der Waals surface area (Å²) in [4.78, 5) is 11.5. The van der Waals surface area contributed by atoms with Crippen LogP contribution < -0.4 is 0 Å². The second kappa shape index (κ2) is 6.30. The predicted molar refractivity (Wildman–Crippen MR) is 59.4 cm³/mol. The minimum absolute atomic E-state index is 0.106. The Labute approximate surface area is 90.2 Å². The minimum atomic E-state index is -0.410. The van der Waals surface area contributed by atoms with E-state index in [9.17, 15) is 4.79 Å². The van der Waals surface area contributed by atoms with Crippen molar-refractivity contribution in [2.24, 2.45) is 5.92 Å². The summed E-state index contributed by atoms with van der Waals surface area (Å²) < 4.78 is 5.22. The van der Waals surface area contributed by atoms with E-state index in [4.69, 9.17) is 9.84 Å². The van der Waals surface area contributed by atoms with Crippen molar-refractivity contribution in [1.29, 1.82) is 0 Å². The average molecular weight is 220 g/mol. The van der Waals surface area contributed by atoms with Crippen molar-refractivity contribution < 1.29 is 14.6 Å². The zero-order valence-corrected chi connectivity index (χ0v) is 10.2. The van der Waals surface area contributed by atoms with Crippen LogP contribution in [0.3, 0.4) is 0 Å². The number of thioether (sulfide) groups is 1. The van der Waals surface area contributed by atoms with Crippen LogP contribution in [0.4, 0.5) is 0 Å². The van der Waals surface area contributed by atoms with Crippen LogP contribution in [0.25, 0.3) is 0 Å². The molecule has 84 valence electrons. The lowest BCUT2D eigenvalue weighted by Crippen LogP contribution is -2.28. The Balaban J connectivity index is 3.77. The number of carbonyl (C=O) groups excluding carboxylic acids is 1. The summed E-state index contributed by atoms with van der Waals surface area (Å²) in [6, 6.07) is 0. The lowest BCUT2D eigenvalue weighted by Gasteiger charge is -2.22. The predicted octanol–water partition coefficient (Wildman–Crippen LogP) is 1.69. The van der Waals surface area contributed by atoms with E-state index >= 15 is 0 Å². The molecule has 1 unspecified atom stereocenters. The number of aliphatic hydroxyl groups excluding tert-OH is 1. The molecule has 0 bridgehead atoms. The van der Waals surface area contributed by atoms with Crippen molar-refractivity contribution in [3.63, 3.8) is 0 Å². The number of carbonyl (C=O) groups is 1. The van der Waals surface area contributed by atoms with Gasteiger partial charge in [0, 0.05) is 11.5 Å². The second-order valence-electron chi connectivity index (χ2n) is 4.23. The molecular formula is C10H20O3S. The minimum Gasteiger partial charge on any atom is -0.460 e. The van der Waals surface area contributed by atoms with Gasteiger partial charge in [-0.05, 0) is 20.8 Å². The highest BCUT2D eigenvalue weighted by Crippen LogP contribution is 2.14. The number of ether oxygens (including phenoxy) is 1. The fraction of sp³-hybridized carbons (Fsp3) is 0.900. The van der Waals surface area contributed by atoms with Gasteiger partial charge >= 0.3 is 5.97 Å². The van der Waals surface area contributed by atoms with Gasteiger partial charge in [0.15, 0.2) is 0 Å². The summed E-state index contributed by atoms with van der Waals surface area (Å²) in [6.45, 7) is 7.58. The van der Waals surface area contributed by atoms with E-state index in [1.54, 1.807) is 11.8 Å². The molecule has 4 heteroatoms. The molecule has 0 aromatic rings. The van der Waals surface area contributed by atoms with E-state index in [0.29, 0.717) is 11.5 Å². The number of hydrogen-bond donors (Lipinski definition) is 1. The number of hydrogen-bond acceptors (Lipinski definition) is 4. The zero-order valence-electron chi connectivity index (χ0n) is 9.37. The number of esters is 1. The molecule has 14 heavy (non-hydrogen) atoms. The van der Waals surface area contributed by atoms with Crippen LogP contribution in [-0.4, -0.2) is 34.8 Å². The van der Waals surface area contributed by atoms with E-state index in [1.165, 1.54) is 0 Å². The standard InChI is InChI=1S/C10H20O3S/c1-8(7-14-6-5-11)9(12)13-10(2,3)4/h8,11H,5-7H2,1-4H3. The molecule has 0 radical (unpaired) electrons. The molecule has 0 spiro atoms. The second-order valence-corrected chi connectivity index (χ2v) is 5.38. The molecule has 0 aliphatic rings. The normalized spacial score (nSPS) is 13.8. The highest BCUT2D eigenvalue weighted by Gasteiger charge is 2.21. The van der Waals surface area contributed by atoms with Gasteiger partial charge in [0.1, 0.15) is 5.60 Å². The van der Waals surface area contributed by atoms with Crippen molar-refractivity contribution in [2.75, 3.05) is 18.1 Å². The molecule has 0 saturated carbocycles. The van der Waals surface area contributed by atoms with Crippen LogP contribution >= 0.6 is 11.8 Å². The van der Waals surface area contributed by atoms with Gasteiger partial charge in [-0.1, -0.05) is 6.92 Å². The van der Waals surface area contributed by atoms with Crippen LogP contribution in [0, 0.1) is 5.92 Å². The summed E-state index contributed by atoms with van der Waals surface area (Å²) in [5.74, 6) is 1.11.